The maximum Gasteiger partial charge on any atom is 0.433 e. The van der Waals surface area contributed by atoms with Gasteiger partial charge in [-0.05, 0) is 75.5 Å². The number of amides is 1. The standard InChI is InChI=1S/C28H32ClF4N3O4/c1-16-11-19(29)22(20(30)12-16)21(37)14-35(15-26(2)7-4-8-26)24(38)18-13-34-36(23(18)28(31,32)33)17-5-9-27(3,10-6-17)25(39)40/h11-13,17H,4-10,14-15H2,1-3H3,(H,39,40). The number of hydrogen-bond acceptors (Lipinski definition) is 4. The monoisotopic (exact) mass is 585 g/mol. The highest BCUT2D eigenvalue weighted by Gasteiger charge is 2.46. The van der Waals surface area contributed by atoms with Crippen LogP contribution in [-0.2, 0) is 11.0 Å². The minimum atomic E-state index is -4.95. The number of aliphatic carboxylic acids is 1. The van der Waals surface area contributed by atoms with Crippen molar-refractivity contribution < 1.29 is 37.1 Å². The van der Waals surface area contributed by atoms with Gasteiger partial charge in [0.25, 0.3) is 5.91 Å². The lowest BCUT2D eigenvalue weighted by molar-refractivity contribution is -0.152. The zero-order valence-corrected chi connectivity index (χ0v) is 23.3. The average Bonchev–Trinajstić information content (AvgIpc) is 3.28. The second-order valence-electron chi connectivity index (χ2n) is 11.8. The predicted molar refractivity (Wildman–Crippen MR) is 139 cm³/mol. The van der Waals surface area contributed by atoms with Gasteiger partial charge in [-0.15, -0.1) is 0 Å². The third-order valence-corrected chi connectivity index (χ3v) is 8.73. The van der Waals surface area contributed by atoms with Crippen molar-refractivity contribution in [2.24, 2.45) is 10.8 Å². The van der Waals surface area contributed by atoms with E-state index in [0.29, 0.717) is 5.56 Å². The molecule has 7 nitrogen and oxygen atoms in total. The number of carbonyl (C=O) groups excluding carboxylic acids is 2. The Kier molecular flexibility index (Phi) is 8.10. The Morgan fingerprint density at radius 1 is 1.15 bits per heavy atom. The summed E-state index contributed by atoms with van der Waals surface area (Å²) >= 11 is 6.13. The topological polar surface area (TPSA) is 92.5 Å². The van der Waals surface area contributed by atoms with Crippen molar-refractivity contribution in [3.63, 3.8) is 0 Å². The van der Waals surface area contributed by atoms with Gasteiger partial charge in [0, 0.05) is 6.54 Å². The minimum absolute atomic E-state index is 0.00550. The number of nitrogens with zero attached hydrogens (tertiary/aromatic N) is 3. The lowest BCUT2D eigenvalue weighted by atomic mass is 9.70. The smallest absolute Gasteiger partial charge is 0.433 e. The summed E-state index contributed by atoms with van der Waals surface area (Å²) in [6, 6.07) is 1.79. The number of ketones is 1. The first-order chi connectivity index (χ1) is 18.5. The van der Waals surface area contributed by atoms with E-state index in [-0.39, 0.29) is 37.3 Å². The molecule has 0 saturated heterocycles. The van der Waals surface area contributed by atoms with E-state index in [2.05, 4.69) is 5.10 Å². The number of hydrogen-bond donors (Lipinski definition) is 1. The molecule has 2 aliphatic carbocycles. The van der Waals surface area contributed by atoms with E-state index in [1.165, 1.54) is 6.07 Å². The Morgan fingerprint density at radius 2 is 1.77 bits per heavy atom. The summed E-state index contributed by atoms with van der Waals surface area (Å²) < 4.78 is 58.7. The quantitative estimate of drug-likeness (QED) is 0.274. The van der Waals surface area contributed by atoms with Crippen molar-refractivity contribution >= 4 is 29.3 Å². The molecule has 1 amide bonds. The highest BCUT2D eigenvalue weighted by Crippen LogP contribution is 2.44. The number of carboxylic acids is 1. The SMILES string of the molecule is Cc1cc(F)c(C(=O)CN(CC2(C)CCC2)C(=O)c2cnn(C3CCC(C)(C(=O)O)CC3)c2C(F)(F)F)c(Cl)c1. The summed E-state index contributed by atoms with van der Waals surface area (Å²) in [6.07, 6.45) is -1.15. The molecule has 218 valence electrons. The molecule has 0 aliphatic heterocycles. The molecule has 0 bridgehead atoms. The van der Waals surface area contributed by atoms with Crippen molar-refractivity contribution in [1.82, 2.24) is 14.7 Å². The molecule has 0 unspecified atom stereocenters. The van der Waals surface area contributed by atoms with E-state index >= 15 is 0 Å². The summed E-state index contributed by atoms with van der Waals surface area (Å²) in [6.45, 7) is 4.40. The van der Waals surface area contributed by atoms with Crippen LogP contribution in [0, 0.1) is 23.6 Å². The third kappa shape index (κ3) is 5.89. The Balaban J connectivity index is 1.68. The predicted octanol–water partition coefficient (Wildman–Crippen LogP) is 6.72. The zero-order valence-electron chi connectivity index (χ0n) is 22.6. The van der Waals surface area contributed by atoms with E-state index in [1.807, 2.05) is 6.92 Å². The molecule has 1 heterocycles. The number of rotatable bonds is 8. The van der Waals surface area contributed by atoms with Crippen molar-refractivity contribution in [3.8, 4) is 0 Å². The van der Waals surface area contributed by atoms with Crippen molar-refractivity contribution in [2.45, 2.75) is 77.9 Å². The van der Waals surface area contributed by atoms with Gasteiger partial charge in [-0.3, -0.25) is 19.1 Å². The number of carbonyl (C=O) groups is 3. The average molecular weight is 586 g/mol. The fourth-order valence-corrected chi connectivity index (χ4v) is 6.13. The van der Waals surface area contributed by atoms with Crippen LogP contribution in [-0.4, -0.2) is 50.5 Å². The molecule has 40 heavy (non-hydrogen) atoms. The molecule has 2 saturated carbocycles. The largest absolute Gasteiger partial charge is 0.481 e. The fourth-order valence-electron chi connectivity index (χ4n) is 5.76. The Hall–Kier alpha value is -2.95. The number of Topliss-reactive ketones (excluding diaryl/α,β-unsaturated/α-hetero) is 1. The Bertz CT molecular complexity index is 1300. The molecule has 1 aromatic heterocycles. The highest BCUT2D eigenvalue weighted by atomic mass is 35.5. The van der Waals surface area contributed by atoms with E-state index in [1.54, 1.807) is 13.8 Å². The Labute approximate surface area is 234 Å². The highest BCUT2D eigenvalue weighted by molar-refractivity contribution is 6.34. The van der Waals surface area contributed by atoms with Gasteiger partial charge in [0.2, 0.25) is 0 Å². The van der Waals surface area contributed by atoms with Gasteiger partial charge in [0.15, 0.2) is 11.5 Å². The van der Waals surface area contributed by atoms with Gasteiger partial charge >= 0.3 is 12.1 Å². The molecule has 1 aromatic carbocycles. The summed E-state index contributed by atoms with van der Waals surface area (Å²) in [7, 11) is 0. The zero-order chi connectivity index (χ0) is 29.6. The van der Waals surface area contributed by atoms with Crippen LogP contribution in [0.1, 0.15) is 96.8 Å². The molecule has 0 spiro atoms. The molecule has 0 radical (unpaired) electrons. The van der Waals surface area contributed by atoms with Crippen molar-refractivity contribution in [3.05, 3.63) is 51.6 Å². The fraction of sp³-hybridized carbons (Fsp3) is 0.571. The number of halogens is 5. The maximum absolute atomic E-state index is 14.7. The van der Waals surface area contributed by atoms with E-state index < -0.39 is 69.9 Å². The van der Waals surface area contributed by atoms with E-state index in [4.69, 9.17) is 11.6 Å². The van der Waals surface area contributed by atoms with Crippen LogP contribution in [0.4, 0.5) is 17.6 Å². The lowest BCUT2D eigenvalue weighted by Crippen LogP contribution is -2.46. The molecular weight excluding hydrogens is 554 g/mol. The van der Waals surface area contributed by atoms with Crippen molar-refractivity contribution in [2.75, 3.05) is 13.1 Å². The second kappa shape index (κ2) is 10.8. The summed E-state index contributed by atoms with van der Waals surface area (Å²) in [5.41, 5.74) is -3.31. The van der Waals surface area contributed by atoms with Crippen LogP contribution in [0.25, 0.3) is 0 Å². The molecule has 2 fully saturated rings. The molecule has 4 rings (SSSR count). The number of alkyl halides is 3. The van der Waals surface area contributed by atoms with Crippen LogP contribution in [0.2, 0.25) is 5.02 Å². The number of aromatic nitrogens is 2. The lowest BCUT2D eigenvalue weighted by Gasteiger charge is -2.42. The summed E-state index contributed by atoms with van der Waals surface area (Å²) in [4.78, 5) is 39.5. The van der Waals surface area contributed by atoms with Crippen LogP contribution < -0.4 is 0 Å². The van der Waals surface area contributed by atoms with Gasteiger partial charge in [-0.2, -0.15) is 18.3 Å². The minimum Gasteiger partial charge on any atom is -0.481 e. The molecule has 12 heteroatoms. The summed E-state index contributed by atoms with van der Waals surface area (Å²) in [5.74, 6) is -3.73. The van der Waals surface area contributed by atoms with Gasteiger partial charge in [0.1, 0.15) is 5.82 Å². The van der Waals surface area contributed by atoms with Gasteiger partial charge in [0.05, 0.1) is 40.3 Å². The van der Waals surface area contributed by atoms with Crippen LogP contribution in [0.15, 0.2) is 18.3 Å². The van der Waals surface area contributed by atoms with E-state index in [0.717, 1.165) is 41.1 Å². The normalized spacial score (nSPS) is 22.4. The number of aryl methyl sites for hydroxylation is 1. The van der Waals surface area contributed by atoms with Crippen LogP contribution >= 0.6 is 11.6 Å². The molecule has 2 aliphatic rings. The first-order valence-corrected chi connectivity index (χ1v) is 13.6. The van der Waals surface area contributed by atoms with Gasteiger partial charge in [-0.1, -0.05) is 24.9 Å². The van der Waals surface area contributed by atoms with Gasteiger partial charge < -0.3 is 10.0 Å². The maximum atomic E-state index is 14.7. The molecule has 1 N–H and O–H groups in total. The van der Waals surface area contributed by atoms with Crippen LogP contribution in [0.5, 0.6) is 0 Å². The molecular formula is C28H32ClF4N3O4. The third-order valence-electron chi connectivity index (χ3n) is 8.44. The second-order valence-corrected chi connectivity index (χ2v) is 12.2. The number of carboxylic acid groups (broad SMARTS) is 1. The van der Waals surface area contributed by atoms with E-state index in [9.17, 15) is 37.1 Å². The first-order valence-electron chi connectivity index (χ1n) is 13.2. The summed E-state index contributed by atoms with van der Waals surface area (Å²) in [5, 5.41) is 13.3. The van der Waals surface area contributed by atoms with Crippen molar-refractivity contribution in [1.29, 1.82) is 0 Å². The molecule has 0 atom stereocenters. The van der Waals surface area contributed by atoms with Crippen LogP contribution in [0.3, 0.4) is 0 Å². The number of benzene rings is 1. The van der Waals surface area contributed by atoms with Gasteiger partial charge in [-0.25, -0.2) is 4.39 Å². The Morgan fingerprint density at radius 3 is 2.27 bits per heavy atom. The first kappa shape index (κ1) is 30.0. The molecule has 2 aromatic rings.